The third kappa shape index (κ3) is 5.37. The van der Waals surface area contributed by atoms with Crippen LogP contribution in [-0.2, 0) is 27.0 Å². The molecule has 11 heteroatoms. The van der Waals surface area contributed by atoms with Crippen molar-refractivity contribution in [1.82, 2.24) is 20.2 Å². The summed E-state index contributed by atoms with van der Waals surface area (Å²) in [6.45, 7) is -0.340. The molecule has 29 heavy (non-hydrogen) atoms. The number of halogens is 3. The first kappa shape index (κ1) is 20.0. The molecule has 0 saturated carbocycles. The Balaban J connectivity index is 1.79. The lowest BCUT2D eigenvalue weighted by atomic mass is 10.1. The van der Waals surface area contributed by atoms with Gasteiger partial charge in [-0.15, -0.1) is 5.10 Å². The van der Waals surface area contributed by atoms with Gasteiger partial charge in [0.1, 0.15) is 12.9 Å². The molecule has 1 N–H and O–H groups in total. The van der Waals surface area contributed by atoms with Gasteiger partial charge < -0.3 is 10.1 Å². The fourth-order valence-electron chi connectivity index (χ4n) is 2.44. The smallest absolute Gasteiger partial charge is 0.416 e. The molecule has 0 aliphatic rings. The lowest BCUT2D eigenvalue weighted by Crippen LogP contribution is -2.27. The number of nitrogens with one attached hydrogen (secondary N) is 1. The zero-order valence-electron chi connectivity index (χ0n) is 14.7. The van der Waals surface area contributed by atoms with Crippen molar-refractivity contribution in [3.05, 3.63) is 72.1 Å². The molecule has 8 nitrogen and oxygen atoms in total. The SMILES string of the molecule is O=C(Cn1cnnn1)OC(C(=O)Nc1cccc(C(F)(F)F)c1)c1ccccc1. The highest BCUT2D eigenvalue weighted by Crippen LogP contribution is 2.31. The van der Waals surface area contributed by atoms with Crippen LogP contribution in [0.3, 0.4) is 0 Å². The molecule has 1 heterocycles. The molecule has 0 fully saturated rings. The number of anilines is 1. The summed E-state index contributed by atoms with van der Waals surface area (Å²) in [6.07, 6.45) is -4.74. The molecule has 0 saturated heterocycles. The van der Waals surface area contributed by atoms with Gasteiger partial charge >= 0.3 is 12.1 Å². The number of carbonyl (C=O) groups excluding carboxylic acids is 2. The quantitative estimate of drug-likeness (QED) is 0.633. The number of esters is 1. The summed E-state index contributed by atoms with van der Waals surface area (Å²) in [5.74, 6) is -1.61. The summed E-state index contributed by atoms with van der Waals surface area (Å²) in [5, 5.41) is 12.7. The lowest BCUT2D eigenvalue weighted by Gasteiger charge is -2.18. The molecule has 0 radical (unpaired) electrons. The van der Waals surface area contributed by atoms with Crippen LogP contribution in [0.5, 0.6) is 0 Å². The largest absolute Gasteiger partial charge is 0.446 e. The summed E-state index contributed by atoms with van der Waals surface area (Å²) < 4.78 is 45.0. The number of tetrazole rings is 1. The Morgan fingerprint density at radius 1 is 1.10 bits per heavy atom. The highest BCUT2D eigenvalue weighted by atomic mass is 19.4. The van der Waals surface area contributed by atoms with E-state index in [2.05, 4.69) is 20.8 Å². The van der Waals surface area contributed by atoms with Gasteiger partial charge in [-0.1, -0.05) is 36.4 Å². The first-order chi connectivity index (χ1) is 13.8. The van der Waals surface area contributed by atoms with E-state index in [0.29, 0.717) is 5.56 Å². The molecule has 1 unspecified atom stereocenters. The minimum atomic E-state index is -4.56. The molecular formula is C18H14F3N5O3. The van der Waals surface area contributed by atoms with Crippen LogP contribution in [-0.4, -0.2) is 32.1 Å². The van der Waals surface area contributed by atoms with Gasteiger partial charge in [-0.25, -0.2) is 4.68 Å². The van der Waals surface area contributed by atoms with Crippen molar-refractivity contribution in [2.75, 3.05) is 5.32 Å². The Morgan fingerprint density at radius 3 is 2.52 bits per heavy atom. The standard InChI is InChI=1S/C18H14F3N5O3/c19-18(20,21)13-7-4-8-14(9-13)23-17(28)16(12-5-2-1-3-6-12)29-15(27)10-26-11-22-24-25-26/h1-9,11,16H,10H2,(H,23,28). The maximum atomic E-state index is 12.9. The van der Waals surface area contributed by atoms with E-state index in [-0.39, 0.29) is 12.2 Å². The number of nitrogens with zero attached hydrogens (tertiary/aromatic N) is 4. The van der Waals surface area contributed by atoms with Crippen molar-refractivity contribution in [1.29, 1.82) is 0 Å². The molecule has 2 aromatic carbocycles. The van der Waals surface area contributed by atoms with Crippen LogP contribution < -0.4 is 5.32 Å². The Hall–Kier alpha value is -3.76. The van der Waals surface area contributed by atoms with Gasteiger partial charge in [-0.2, -0.15) is 13.2 Å². The van der Waals surface area contributed by atoms with E-state index in [1.54, 1.807) is 30.3 Å². The third-order valence-electron chi connectivity index (χ3n) is 3.73. The van der Waals surface area contributed by atoms with Gasteiger partial charge in [0.25, 0.3) is 5.91 Å². The number of ether oxygens (including phenoxy) is 1. The second-order valence-corrected chi connectivity index (χ2v) is 5.86. The zero-order valence-corrected chi connectivity index (χ0v) is 14.7. The van der Waals surface area contributed by atoms with E-state index in [1.807, 2.05) is 0 Å². The maximum absolute atomic E-state index is 12.9. The maximum Gasteiger partial charge on any atom is 0.416 e. The van der Waals surface area contributed by atoms with Gasteiger partial charge in [0.15, 0.2) is 0 Å². The van der Waals surface area contributed by atoms with Crippen LogP contribution in [0.2, 0.25) is 0 Å². The summed E-state index contributed by atoms with van der Waals surface area (Å²) in [5.41, 5.74) is -0.647. The number of benzene rings is 2. The minimum Gasteiger partial charge on any atom is -0.446 e. The Morgan fingerprint density at radius 2 is 1.86 bits per heavy atom. The van der Waals surface area contributed by atoms with E-state index in [0.717, 1.165) is 16.8 Å². The van der Waals surface area contributed by atoms with E-state index in [1.165, 1.54) is 18.5 Å². The van der Waals surface area contributed by atoms with E-state index < -0.39 is 29.7 Å². The van der Waals surface area contributed by atoms with Crippen LogP contribution >= 0.6 is 0 Å². The van der Waals surface area contributed by atoms with Crippen molar-refractivity contribution < 1.29 is 27.5 Å². The fourth-order valence-corrected chi connectivity index (χ4v) is 2.44. The van der Waals surface area contributed by atoms with Crippen LogP contribution in [0.4, 0.5) is 18.9 Å². The predicted molar refractivity (Wildman–Crippen MR) is 93.2 cm³/mol. The molecule has 0 spiro atoms. The molecule has 1 aromatic heterocycles. The number of carbonyl (C=O) groups is 2. The number of amides is 1. The monoisotopic (exact) mass is 405 g/mol. The van der Waals surface area contributed by atoms with Crippen molar-refractivity contribution in [2.24, 2.45) is 0 Å². The number of rotatable bonds is 6. The van der Waals surface area contributed by atoms with E-state index in [9.17, 15) is 22.8 Å². The molecule has 1 atom stereocenters. The van der Waals surface area contributed by atoms with Gasteiger partial charge in [-0.3, -0.25) is 9.59 Å². The summed E-state index contributed by atoms with van der Waals surface area (Å²) in [6, 6.07) is 12.2. The van der Waals surface area contributed by atoms with Crippen molar-refractivity contribution >= 4 is 17.6 Å². The highest BCUT2D eigenvalue weighted by molar-refractivity contribution is 5.96. The third-order valence-corrected chi connectivity index (χ3v) is 3.73. The number of aromatic nitrogens is 4. The van der Waals surface area contributed by atoms with Crippen LogP contribution in [0, 0.1) is 0 Å². The van der Waals surface area contributed by atoms with Gasteiger partial charge in [-0.05, 0) is 28.6 Å². The summed E-state index contributed by atoms with van der Waals surface area (Å²) in [7, 11) is 0. The minimum absolute atomic E-state index is 0.0812. The Labute approximate surface area is 162 Å². The van der Waals surface area contributed by atoms with Crippen molar-refractivity contribution in [3.63, 3.8) is 0 Å². The first-order valence-electron chi connectivity index (χ1n) is 8.26. The van der Waals surface area contributed by atoms with Crippen LogP contribution in [0.1, 0.15) is 17.2 Å². The Bertz CT molecular complexity index is 978. The number of alkyl halides is 3. The van der Waals surface area contributed by atoms with Gasteiger partial charge in [0.2, 0.25) is 6.10 Å². The second-order valence-electron chi connectivity index (χ2n) is 5.86. The van der Waals surface area contributed by atoms with Crippen LogP contribution in [0.25, 0.3) is 0 Å². The zero-order chi connectivity index (χ0) is 20.9. The fraction of sp³-hybridized carbons (Fsp3) is 0.167. The van der Waals surface area contributed by atoms with Crippen molar-refractivity contribution in [2.45, 2.75) is 18.8 Å². The Kier molecular flexibility index (Phi) is 5.86. The molecule has 0 bridgehead atoms. The topological polar surface area (TPSA) is 99.0 Å². The van der Waals surface area contributed by atoms with Crippen LogP contribution in [0.15, 0.2) is 60.9 Å². The lowest BCUT2D eigenvalue weighted by molar-refractivity contribution is -0.155. The molecule has 0 aliphatic heterocycles. The number of hydrogen-bond acceptors (Lipinski definition) is 6. The highest BCUT2D eigenvalue weighted by Gasteiger charge is 2.31. The molecule has 3 aromatic rings. The molecule has 0 aliphatic carbocycles. The molecule has 150 valence electrons. The average Bonchev–Trinajstić information content (AvgIpc) is 3.19. The molecule has 1 amide bonds. The molecule has 3 rings (SSSR count). The first-order valence-corrected chi connectivity index (χ1v) is 8.26. The normalized spacial score (nSPS) is 12.2. The summed E-state index contributed by atoms with van der Waals surface area (Å²) in [4.78, 5) is 24.9. The predicted octanol–water partition coefficient (Wildman–Crippen LogP) is 2.62. The van der Waals surface area contributed by atoms with E-state index in [4.69, 9.17) is 4.74 Å². The summed E-state index contributed by atoms with van der Waals surface area (Å²) >= 11 is 0. The van der Waals surface area contributed by atoms with Gasteiger partial charge in [0.05, 0.1) is 5.56 Å². The van der Waals surface area contributed by atoms with E-state index >= 15 is 0 Å². The second kappa shape index (κ2) is 8.50. The average molecular weight is 405 g/mol. The van der Waals surface area contributed by atoms with Gasteiger partial charge in [0, 0.05) is 11.3 Å². The van der Waals surface area contributed by atoms with Crippen molar-refractivity contribution in [3.8, 4) is 0 Å². The number of hydrogen-bond donors (Lipinski definition) is 1. The molecular weight excluding hydrogens is 391 g/mol.